The van der Waals surface area contributed by atoms with E-state index in [-0.39, 0.29) is 11.6 Å². The van der Waals surface area contributed by atoms with Crippen LogP contribution >= 0.6 is 11.3 Å². The van der Waals surface area contributed by atoms with Gasteiger partial charge in [0, 0.05) is 30.2 Å². The van der Waals surface area contributed by atoms with Gasteiger partial charge in [-0.2, -0.15) is 0 Å². The minimum absolute atomic E-state index is 0.00260. The molecule has 1 aromatic heterocycles. The van der Waals surface area contributed by atoms with Crippen molar-refractivity contribution in [1.29, 1.82) is 0 Å². The fraction of sp³-hybridized carbons (Fsp3) is 0.353. The first kappa shape index (κ1) is 16.1. The van der Waals surface area contributed by atoms with Crippen molar-refractivity contribution in [3.05, 3.63) is 57.8 Å². The highest BCUT2D eigenvalue weighted by molar-refractivity contribution is 7.09. The molecule has 23 heavy (non-hydrogen) atoms. The van der Waals surface area contributed by atoms with Crippen LogP contribution in [0.2, 0.25) is 0 Å². The summed E-state index contributed by atoms with van der Waals surface area (Å²) in [5.41, 5.74) is -0.0885. The van der Waals surface area contributed by atoms with Crippen LogP contribution in [0, 0.1) is 11.6 Å². The van der Waals surface area contributed by atoms with Crippen molar-refractivity contribution in [1.82, 2.24) is 4.90 Å². The minimum Gasteiger partial charge on any atom is -0.381 e. The Morgan fingerprint density at radius 3 is 2.70 bits per heavy atom. The smallest absolute Gasteiger partial charge is 0.257 e. The standard InChI is InChI=1S/C17H17F2NO2S/c18-12-3-4-15(16(19)10-12)17(21)20(11-14-2-1-9-23-14)13-5-7-22-8-6-13/h1-4,9-10,13H,5-8,11H2. The molecular weight excluding hydrogens is 320 g/mol. The molecule has 0 atom stereocenters. The monoisotopic (exact) mass is 337 g/mol. The highest BCUT2D eigenvalue weighted by Crippen LogP contribution is 2.23. The number of benzene rings is 1. The molecule has 0 unspecified atom stereocenters. The van der Waals surface area contributed by atoms with Crippen LogP contribution in [0.1, 0.15) is 28.1 Å². The van der Waals surface area contributed by atoms with Gasteiger partial charge in [-0.15, -0.1) is 11.3 Å². The molecule has 3 nitrogen and oxygen atoms in total. The second-order valence-electron chi connectivity index (χ2n) is 5.48. The van der Waals surface area contributed by atoms with Crippen LogP contribution in [-0.4, -0.2) is 30.1 Å². The molecule has 0 spiro atoms. The zero-order valence-electron chi connectivity index (χ0n) is 12.5. The average Bonchev–Trinajstić information content (AvgIpc) is 3.06. The van der Waals surface area contributed by atoms with Gasteiger partial charge in [0.2, 0.25) is 0 Å². The molecule has 3 rings (SSSR count). The topological polar surface area (TPSA) is 29.5 Å². The first-order valence-electron chi connectivity index (χ1n) is 7.51. The molecule has 1 saturated heterocycles. The van der Waals surface area contributed by atoms with Crippen molar-refractivity contribution in [2.75, 3.05) is 13.2 Å². The number of amides is 1. The Balaban J connectivity index is 1.88. The molecule has 2 aromatic rings. The summed E-state index contributed by atoms with van der Waals surface area (Å²) in [6.07, 6.45) is 1.44. The number of hydrogen-bond acceptors (Lipinski definition) is 3. The van der Waals surface area contributed by atoms with Gasteiger partial charge in [-0.1, -0.05) is 6.07 Å². The third-order valence-electron chi connectivity index (χ3n) is 3.96. The molecular formula is C17H17F2NO2S. The summed E-state index contributed by atoms with van der Waals surface area (Å²) < 4.78 is 32.4. The van der Waals surface area contributed by atoms with E-state index in [9.17, 15) is 13.6 Å². The van der Waals surface area contributed by atoms with E-state index in [0.717, 1.165) is 29.9 Å². The summed E-state index contributed by atoms with van der Waals surface area (Å²) in [5.74, 6) is -1.91. The van der Waals surface area contributed by atoms with Crippen molar-refractivity contribution in [2.24, 2.45) is 0 Å². The van der Waals surface area contributed by atoms with Gasteiger partial charge < -0.3 is 9.64 Å². The van der Waals surface area contributed by atoms with Crippen molar-refractivity contribution >= 4 is 17.2 Å². The highest BCUT2D eigenvalue weighted by atomic mass is 32.1. The summed E-state index contributed by atoms with van der Waals surface area (Å²) >= 11 is 1.56. The van der Waals surface area contributed by atoms with Crippen molar-refractivity contribution < 1.29 is 18.3 Å². The zero-order chi connectivity index (χ0) is 16.2. The van der Waals surface area contributed by atoms with Crippen LogP contribution < -0.4 is 0 Å². The van der Waals surface area contributed by atoms with E-state index in [0.29, 0.717) is 19.8 Å². The van der Waals surface area contributed by atoms with Gasteiger partial charge in [-0.25, -0.2) is 8.78 Å². The molecule has 1 amide bonds. The normalized spacial score (nSPS) is 15.6. The van der Waals surface area contributed by atoms with Crippen LogP contribution in [0.3, 0.4) is 0 Å². The van der Waals surface area contributed by atoms with Crippen molar-refractivity contribution in [3.8, 4) is 0 Å². The largest absolute Gasteiger partial charge is 0.381 e. The lowest BCUT2D eigenvalue weighted by Crippen LogP contribution is -2.43. The van der Waals surface area contributed by atoms with Crippen LogP contribution in [0.15, 0.2) is 35.7 Å². The molecule has 1 fully saturated rings. The van der Waals surface area contributed by atoms with E-state index < -0.39 is 17.5 Å². The molecule has 0 aliphatic carbocycles. The Kier molecular flexibility index (Phi) is 5.03. The van der Waals surface area contributed by atoms with E-state index in [1.54, 1.807) is 16.2 Å². The first-order chi connectivity index (χ1) is 11.1. The summed E-state index contributed by atoms with van der Waals surface area (Å²) in [6, 6.07) is 6.96. The molecule has 122 valence electrons. The Morgan fingerprint density at radius 2 is 2.04 bits per heavy atom. The lowest BCUT2D eigenvalue weighted by molar-refractivity contribution is 0.0267. The van der Waals surface area contributed by atoms with E-state index >= 15 is 0 Å². The third-order valence-corrected chi connectivity index (χ3v) is 4.82. The maximum absolute atomic E-state index is 14.0. The van der Waals surface area contributed by atoms with Crippen LogP contribution in [0.4, 0.5) is 8.78 Å². The van der Waals surface area contributed by atoms with Crippen molar-refractivity contribution in [3.63, 3.8) is 0 Å². The number of rotatable bonds is 4. The second-order valence-corrected chi connectivity index (χ2v) is 6.51. The number of carbonyl (C=O) groups excluding carboxylic acids is 1. The molecule has 0 bridgehead atoms. The predicted molar refractivity (Wildman–Crippen MR) is 84.4 cm³/mol. The average molecular weight is 337 g/mol. The Hall–Kier alpha value is -1.79. The number of halogens is 2. The molecule has 1 aliphatic heterocycles. The lowest BCUT2D eigenvalue weighted by atomic mass is 10.0. The summed E-state index contributed by atoms with van der Waals surface area (Å²) in [5, 5.41) is 1.94. The summed E-state index contributed by atoms with van der Waals surface area (Å²) in [7, 11) is 0. The minimum atomic E-state index is -0.821. The lowest BCUT2D eigenvalue weighted by Gasteiger charge is -2.34. The number of carbonyl (C=O) groups is 1. The van der Waals surface area contributed by atoms with E-state index in [1.807, 2.05) is 17.5 Å². The quantitative estimate of drug-likeness (QED) is 0.848. The Labute approximate surface area is 137 Å². The molecule has 1 aromatic carbocycles. The van der Waals surface area contributed by atoms with Gasteiger partial charge in [0.05, 0.1) is 12.1 Å². The molecule has 0 N–H and O–H groups in total. The van der Waals surface area contributed by atoms with Crippen LogP contribution in [0.25, 0.3) is 0 Å². The number of hydrogen-bond donors (Lipinski definition) is 0. The molecule has 1 aliphatic rings. The Bertz CT molecular complexity index is 669. The third kappa shape index (κ3) is 3.76. The van der Waals surface area contributed by atoms with E-state index in [4.69, 9.17) is 4.74 Å². The zero-order valence-corrected chi connectivity index (χ0v) is 13.3. The number of ether oxygens (including phenoxy) is 1. The van der Waals surface area contributed by atoms with Gasteiger partial charge >= 0.3 is 0 Å². The molecule has 6 heteroatoms. The van der Waals surface area contributed by atoms with Crippen molar-refractivity contribution in [2.45, 2.75) is 25.4 Å². The van der Waals surface area contributed by atoms with Gasteiger partial charge in [0.15, 0.2) is 0 Å². The fourth-order valence-corrected chi connectivity index (χ4v) is 3.45. The van der Waals surface area contributed by atoms with Gasteiger partial charge in [-0.05, 0) is 36.4 Å². The van der Waals surface area contributed by atoms with E-state index in [2.05, 4.69) is 0 Å². The van der Waals surface area contributed by atoms with E-state index in [1.165, 1.54) is 6.07 Å². The van der Waals surface area contributed by atoms with Crippen LogP contribution in [0.5, 0.6) is 0 Å². The highest BCUT2D eigenvalue weighted by Gasteiger charge is 2.28. The summed E-state index contributed by atoms with van der Waals surface area (Å²) in [6.45, 7) is 1.60. The number of thiophene rings is 1. The number of nitrogens with zero attached hydrogens (tertiary/aromatic N) is 1. The second kappa shape index (κ2) is 7.19. The molecule has 2 heterocycles. The first-order valence-corrected chi connectivity index (χ1v) is 8.39. The Morgan fingerprint density at radius 1 is 1.26 bits per heavy atom. The SMILES string of the molecule is O=C(c1ccc(F)cc1F)N(Cc1cccs1)C1CCOCC1. The summed E-state index contributed by atoms with van der Waals surface area (Å²) in [4.78, 5) is 15.5. The van der Waals surface area contributed by atoms with Gasteiger partial charge in [-0.3, -0.25) is 4.79 Å². The molecule has 0 saturated carbocycles. The predicted octanol–water partition coefficient (Wildman–Crippen LogP) is 3.85. The van der Waals surface area contributed by atoms with Crippen LogP contribution in [-0.2, 0) is 11.3 Å². The maximum atomic E-state index is 14.0. The fourth-order valence-electron chi connectivity index (χ4n) is 2.75. The van der Waals surface area contributed by atoms with Gasteiger partial charge in [0.25, 0.3) is 5.91 Å². The van der Waals surface area contributed by atoms with Gasteiger partial charge in [0.1, 0.15) is 11.6 Å². The maximum Gasteiger partial charge on any atom is 0.257 e. The molecule has 0 radical (unpaired) electrons.